The molecule has 1 aromatic carbocycles. The molecule has 4 atom stereocenters. The lowest BCUT2D eigenvalue weighted by molar-refractivity contribution is -0.137. The highest BCUT2D eigenvalue weighted by Crippen LogP contribution is 2.44. The number of benzene rings is 1. The van der Waals surface area contributed by atoms with Crippen molar-refractivity contribution in [1.82, 2.24) is 18.8 Å². The largest absolute Gasteiger partial charge is 0.462 e. The average Bonchev–Trinajstić information content (AvgIpc) is 3.83. The number of pyridine rings is 1. The van der Waals surface area contributed by atoms with Gasteiger partial charge in [-0.2, -0.15) is 0 Å². The van der Waals surface area contributed by atoms with Crippen LogP contribution in [0.5, 0.6) is 0 Å². The molecule has 1 unspecified atom stereocenters. The fourth-order valence-corrected chi connectivity index (χ4v) is 10.6. The quantitative estimate of drug-likeness (QED) is 0.131. The lowest BCUT2D eigenvalue weighted by Crippen LogP contribution is -2.48. The molecule has 1 saturated carbocycles. The molecule has 2 aliphatic rings. The summed E-state index contributed by atoms with van der Waals surface area (Å²) in [6.45, 7) is 19.8. The van der Waals surface area contributed by atoms with E-state index in [1.54, 1.807) is 56.6 Å². The van der Waals surface area contributed by atoms with E-state index in [1.165, 1.54) is 15.3 Å². The first kappa shape index (κ1) is 37.2. The predicted molar refractivity (Wildman–Crippen MR) is 203 cm³/mol. The van der Waals surface area contributed by atoms with Crippen molar-refractivity contribution in [3.63, 3.8) is 0 Å². The third-order valence-electron chi connectivity index (χ3n) is 10.8. The van der Waals surface area contributed by atoms with Gasteiger partial charge in [-0.05, 0) is 88.7 Å². The van der Waals surface area contributed by atoms with E-state index in [1.807, 2.05) is 18.7 Å². The number of esters is 1. The molecule has 3 aromatic heterocycles. The van der Waals surface area contributed by atoms with Gasteiger partial charge in [-0.15, -0.1) is 11.3 Å². The van der Waals surface area contributed by atoms with Gasteiger partial charge in [0, 0.05) is 36.9 Å². The van der Waals surface area contributed by atoms with Gasteiger partial charge in [-0.3, -0.25) is 4.79 Å². The Labute approximate surface area is 306 Å². The van der Waals surface area contributed by atoms with E-state index in [0.29, 0.717) is 57.1 Å². The Hall–Kier alpha value is -3.59. The third kappa shape index (κ3) is 7.12. The smallest absolute Gasteiger partial charge is 0.350 e. The molecule has 1 amide bonds. The van der Waals surface area contributed by atoms with Crippen LogP contribution in [0.15, 0.2) is 47.6 Å². The van der Waals surface area contributed by atoms with Crippen LogP contribution in [0.25, 0.3) is 21.6 Å². The van der Waals surface area contributed by atoms with Crippen molar-refractivity contribution in [1.29, 1.82) is 0 Å². The van der Waals surface area contributed by atoms with Gasteiger partial charge >= 0.3 is 5.97 Å². The zero-order valence-corrected chi connectivity index (χ0v) is 33.6. The first-order chi connectivity index (χ1) is 23.9. The number of nitrogens with zero attached hydrogens (tertiary/aromatic N) is 4. The second-order valence-electron chi connectivity index (χ2n) is 15.5. The van der Waals surface area contributed by atoms with E-state index < -0.39 is 30.4 Å². The molecule has 274 valence electrons. The molecule has 14 heteroatoms. The SMILES string of the molecule is CCOC(=O)c1sc(-c2cnc3c(ccn3S(=O)(=O)c3ccc(C)cc3)c2NC2C[C@@H]3CN(C(=O)[C@H](C)O[Si](C)(C)C(C)(C)C)C[C@@H]3C2)nc1C. The normalized spacial score (nSPS) is 20.1. The summed E-state index contributed by atoms with van der Waals surface area (Å²) in [4.78, 5) is 38.2. The van der Waals surface area contributed by atoms with Crippen molar-refractivity contribution >= 4 is 58.3 Å². The summed E-state index contributed by atoms with van der Waals surface area (Å²) in [6, 6.07) is 8.60. The molecule has 4 heterocycles. The Morgan fingerprint density at radius 1 is 1.08 bits per heavy atom. The van der Waals surface area contributed by atoms with E-state index in [2.05, 4.69) is 44.2 Å². The number of rotatable bonds is 10. The summed E-state index contributed by atoms with van der Waals surface area (Å²) in [5, 5.41) is 5.01. The first-order valence-electron chi connectivity index (χ1n) is 17.6. The summed E-state index contributed by atoms with van der Waals surface area (Å²) in [7, 11) is -6.02. The second-order valence-corrected chi connectivity index (χ2v) is 23.0. The van der Waals surface area contributed by atoms with E-state index in [0.717, 1.165) is 24.1 Å². The molecule has 4 aromatic rings. The Bertz CT molecular complexity index is 2050. The molecule has 1 aliphatic carbocycles. The highest BCUT2D eigenvalue weighted by atomic mass is 32.2. The van der Waals surface area contributed by atoms with E-state index >= 15 is 0 Å². The molecule has 1 aliphatic heterocycles. The number of thiazole rings is 1. The molecular formula is C37H49N5O6S2Si. The number of carbonyl (C=O) groups is 2. The van der Waals surface area contributed by atoms with Gasteiger partial charge < -0.3 is 19.4 Å². The standard InChI is InChI=1S/C37H49N5O6S2Si/c1-10-47-36(44)32-23(3)39-34(49-32)30-19-38-33-29(15-16-42(33)50(45,46)28-13-11-22(2)12-14-28)31(30)40-27-17-25-20-41(21-26(25)18-27)35(43)24(4)48-51(8,9)37(5,6)7/h11-16,19,24-27H,10,17-18,20-21H2,1-9H3,(H,38,40)/t24-,25-,26+,27?/m0/s1. The Morgan fingerprint density at radius 3 is 2.33 bits per heavy atom. The fraction of sp³-hybridized carbons (Fsp3) is 0.514. The minimum absolute atomic E-state index is 0.0166. The van der Waals surface area contributed by atoms with Crippen LogP contribution in [-0.2, 0) is 24.0 Å². The zero-order chi connectivity index (χ0) is 37.0. The lowest BCUT2D eigenvalue weighted by Gasteiger charge is -2.38. The number of hydrogen-bond acceptors (Lipinski definition) is 10. The molecule has 51 heavy (non-hydrogen) atoms. The highest BCUT2D eigenvalue weighted by molar-refractivity contribution is 7.90. The van der Waals surface area contributed by atoms with Gasteiger partial charge in [0.15, 0.2) is 14.0 Å². The summed E-state index contributed by atoms with van der Waals surface area (Å²) >= 11 is 1.24. The van der Waals surface area contributed by atoms with Crippen LogP contribution in [0.2, 0.25) is 18.1 Å². The molecule has 0 radical (unpaired) electrons. The second kappa shape index (κ2) is 13.8. The number of fused-ring (bicyclic) bond motifs is 2. The minimum atomic E-state index is -3.93. The maximum absolute atomic E-state index is 13.8. The number of ether oxygens (including phenoxy) is 1. The number of hydrogen-bond donors (Lipinski definition) is 1. The molecule has 0 bridgehead atoms. The van der Waals surface area contributed by atoms with Crippen molar-refractivity contribution in [3.05, 3.63) is 58.9 Å². The Kier molecular flexibility index (Phi) is 10.0. The minimum Gasteiger partial charge on any atom is -0.462 e. The van der Waals surface area contributed by atoms with E-state index in [4.69, 9.17) is 14.1 Å². The molecule has 1 saturated heterocycles. The van der Waals surface area contributed by atoms with Crippen molar-refractivity contribution < 1.29 is 27.2 Å². The number of amides is 1. The van der Waals surface area contributed by atoms with Gasteiger partial charge in [-0.25, -0.2) is 27.2 Å². The van der Waals surface area contributed by atoms with Crippen LogP contribution >= 0.6 is 11.3 Å². The number of anilines is 1. The molecule has 11 nitrogen and oxygen atoms in total. The number of likely N-dealkylation sites (tertiary alicyclic amines) is 1. The van der Waals surface area contributed by atoms with Gasteiger partial charge in [0.2, 0.25) is 5.91 Å². The van der Waals surface area contributed by atoms with Gasteiger partial charge in [-0.1, -0.05) is 38.5 Å². The maximum atomic E-state index is 13.8. The number of nitrogens with one attached hydrogen (secondary N) is 1. The molecule has 2 fully saturated rings. The van der Waals surface area contributed by atoms with Gasteiger partial charge in [0.05, 0.1) is 28.4 Å². The highest BCUT2D eigenvalue weighted by Gasteiger charge is 2.45. The maximum Gasteiger partial charge on any atom is 0.350 e. The third-order valence-corrected chi connectivity index (χ3v) is 18.2. The topological polar surface area (TPSA) is 133 Å². The van der Waals surface area contributed by atoms with Crippen molar-refractivity contribution in [3.8, 4) is 10.6 Å². The fourth-order valence-electron chi connectivity index (χ4n) is 7.02. The number of carbonyl (C=O) groups excluding carboxylic acids is 2. The van der Waals surface area contributed by atoms with E-state index in [9.17, 15) is 18.0 Å². The van der Waals surface area contributed by atoms with E-state index in [-0.39, 0.29) is 28.5 Å². The summed E-state index contributed by atoms with van der Waals surface area (Å²) in [6.07, 6.45) is 4.40. The number of aryl methyl sites for hydroxylation is 2. The molecule has 1 N–H and O–H groups in total. The van der Waals surface area contributed by atoms with Crippen LogP contribution in [0.3, 0.4) is 0 Å². The molecule has 6 rings (SSSR count). The van der Waals surface area contributed by atoms with Crippen LogP contribution in [0.1, 0.15) is 68.4 Å². The van der Waals surface area contributed by atoms with Crippen LogP contribution < -0.4 is 5.32 Å². The molecule has 0 spiro atoms. The Morgan fingerprint density at radius 2 is 1.73 bits per heavy atom. The van der Waals surface area contributed by atoms with Gasteiger partial charge in [0.25, 0.3) is 10.0 Å². The predicted octanol–water partition coefficient (Wildman–Crippen LogP) is 7.25. The Balaban J connectivity index is 1.29. The van der Waals surface area contributed by atoms with Crippen LogP contribution in [0.4, 0.5) is 5.69 Å². The monoisotopic (exact) mass is 751 g/mol. The van der Waals surface area contributed by atoms with Crippen LogP contribution in [0, 0.1) is 25.7 Å². The average molecular weight is 752 g/mol. The summed E-state index contributed by atoms with van der Waals surface area (Å²) in [5.74, 6) is 0.293. The zero-order valence-electron chi connectivity index (χ0n) is 30.9. The summed E-state index contributed by atoms with van der Waals surface area (Å²) in [5.41, 5.74) is 3.22. The van der Waals surface area contributed by atoms with Crippen molar-refractivity contribution in [2.75, 3.05) is 25.0 Å². The van der Waals surface area contributed by atoms with Crippen molar-refractivity contribution in [2.45, 2.75) is 96.5 Å². The first-order valence-corrected chi connectivity index (χ1v) is 22.8. The molecular weight excluding hydrogens is 703 g/mol. The lowest BCUT2D eigenvalue weighted by atomic mass is 10.0. The van der Waals surface area contributed by atoms with Crippen LogP contribution in [-0.4, -0.2) is 79.3 Å². The van der Waals surface area contributed by atoms with Gasteiger partial charge in [0.1, 0.15) is 16.0 Å². The summed E-state index contributed by atoms with van der Waals surface area (Å²) < 4.78 is 40.6. The number of aromatic nitrogens is 3. The van der Waals surface area contributed by atoms with Crippen molar-refractivity contribution in [2.24, 2.45) is 11.8 Å².